The van der Waals surface area contributed by atoms with Crippen LogP contribution in [0.2, 0.25) is 5.02 Å². The van der Waals surface area contributed by atoms with Crippen LogP contribution in [0.25, 0.3) is 0 Å². The van der Waals surface area contributed by atoms with E-state index in [1.807, 2.05) is 19.2 Å². The van der Waals surface area contributed by atoms with Gasteiger partial charge < -0.3 is 5.32 Å². The van der Waals surface area contributed by atoms with E-state index in [9.17, 15) is 4.39 Å². The highest BCUT2D eigenvalue weighted by Gasteiger charge is 2.14. The summed E-state index contributed by atoms with van der Waals surface area (Å²) >= 11 is 9.26. The van der Waals surface area contributed by atoms with Crippen LogP contribution in [-0.4, -0.2) is 17.6 Å². The van der Waals surface area contributed by atoms with E-state index in [1.165, 1.54) is 0 Å². The van der Waals surface area contributed by atoms with Crippen LogP contribution in [0, 0.1) is 5.82 Å². The topological polar surface area (TPSA) is 24.9 Å². The molecular weight excluding hydrogens is 355 g/mol. The molecule has 112 valence electrons. The Morgan fingerprint density at radius 2 is 2.14 bits per heavy atom. The van der Waals surface area contributed by atoms with Crippen molar-refractivity contribution >= 4 is 27.5 Å². The minimum absolute atomic E-state index is 0.138. The van der Waals surface area contributed by atoms with Gasteiger partial charge >= 0.3 is 0 Å². The zero-order chi connectivity index (χ0) is 15.2. The SMILES string of the molecule is CCNC(Cc1cncc(Br)c1)Cc1cccc(Cl)c1F. The van der Waals surface area contributed by atoms with Crippen molar-refractivity contribution in [2.75, 3.05) is 6.54 Å². The van der Waals surface area contributed by atoms with Crippen molar-refractivity contribution < 1.29 is 4.39 Å². The fourth-order valence-electron chi connectivity index (χ4n) is 2.33. The number of pyridine rings is 1. The standard InChI is InChI=1S/C16H17BrClFN2/c1-2-21-14(7-11-6-13(17)10-20-9-11)8-12-4-3-5-15(18)16(12)19/h3-6,9-10,14,21H,2,7-8H2,1H3. The first-order chi connectivity index (χ1) is 10.1. The van der Waals surface area contributed by atoms with E-state index in [-0.39, 0.29) is 16.9 Å². The molecule has 21 heavy (non-hydrogen) atoms. The second-order valence-corrected chi connectivity index (χ2v) is 6.21. The van der Waals surface area contributed by atoms with E-state index in [1.54, 1.807) is 24.4 Å². The van der Waals surface area contributed by atoms with Gasteiger partial charge in [-0.25, -0.2) is 4.39 Å². The Morgan fingerprint density at radius 1 is 1.33 bits per heavy atom. The van der Waals surface area contributed by atoms with Crippen molar-refractivity contribution in [1.29, 1.82) is 0 Å². The second-order valence-electron chi connectivity index (χ2n) is 4.89. The molecule has 1 unspecified atom stereocenters. The molecular formula is C16H17BrClFN2. The molecule has 0 aliphatic heterocycles. The van der Waals surface area contributed by atoms with E-state index in [4.69, 9.17) is 11.6 Å². The van der Waals surface area contributed by atoms with E-state index in [2.05, 4.69) is 26.2 Å². The summed E-state index contributed by atoms with van der Waals surface area (Å²) in [7, 11) is 0. The zero-order valence-corrected chi connectivity index (χ0v) is 14.1. The fraction of sp³-hybridized carbons (Fsp3) is 0.312. The van der Waals surface area contributed by atoms with Gasteiger partial charge in [-0.05, 0) is 58.6 Å². The molecule has 5 heteroatoms. The predicted molar refractivity (Wildman–Crippen MR) is 88.2 cm³/mol. The van der Waals surface area contributed by atoms with E-state index < -0.39 is 0 Å². The zero-order valence-electron chi connectivity index (χ0n) is 11.7. The number of hydrogen-bond acceptors (Lipinski definition) is 2. The van der Waals surface area contributed by atoms with Crippen LogP contribution in [-0.2, 0) is 12.8 Å². The van der Waals surface area contributed by atoms with E-state index in [0.717, 1.165) is 23.0 Å². The third kappa shape index (κ3) is 4.77. The highest BCUT2D eigenvalue weighted by molar-refractivity contribution is 9.10. The molecule has 2 aromatic rings. The summed E-state index contributed by atoms with van der Waals surface area (Å²) in [6, 6.07) is 7.31. The lowest BCUT2D eigenvalue weighted by molar-refractivity contribution is 0.505. The highest BCUT2D eigenvalue weighted by atomic mass is 79.9. The highest BCUT2D eigenvalue weighted by Crippen LogP contribution is 2.20. The molecule has 1 aromatic heterocycles. The lowest BCUT2D eigenvalue weighted by atomic mass is 9.99. The fourth-order valence-corrected chi connectivity index (χ4v) is 2.94. The van der Waals surface area contributed by atoms with Crippen LogP contribution in [0.3, 0.4) is 0 Å². The Labute approximate surface area is 137 Å². The van der Waals surface area contributed by atoms with Gasteiger partial charge in [0.1, 0.15) is 5.82 Å². The third-order valence-corrected chi connectivity index (χ3v) is 3.96. The minimum atomic E-state index is -0.325. The maximum absolute atomic E-state index is 14.0. The molecule has 1 aromatic carbocycles. The lowest BCUT2D eigenvalue weighted by Gasteiger charge is -2.18. The maximum Gasteiger partial charge on any atom is 0.145 e. The van der Waals surface area contributed by atoms with Crippen molar-refractivity contribution in [3.63, 3.8) is 0 Å². The summed E-state index contributed by atoms with van der Waals surface area (Å²) in [5.74, 6) is -0.325. The first-order valence-corrected chi connectivity index (χ1v) is 8.03. The normalized spacial score (nSPS) is 12.4. The van der Waals surface area contributed by atoms with Crippen LogP contribution < -0.4 is 5.32 Å². The van der Waals surface area contributed by atoms with Crippen molar-refractivity contribution in [1.82, 2.24) is 10.3 Å². The Kier molecular flexibility index (Phi) is 6.15. The second kappa shape index (κ2) is 7.87. The van der Waals surface area contributed by atoms with Gasteiger partial charge in [-0.1, -0.05) is 30.7 Å². The van der Waals surface area contributed by atoms with Crippen LogP contribution in [0.15, 0.2) is 41.1 Å². The van der Waals surface area contributed by atoms with Gasteiger partial charge in [0.2, 0.25) is 0 Å². The molecule has 2 rings (SSSR count). The van der Waals surface area contributed by atoms with Gasteiger partial charge in [0.25, 0.3) is 0 Å². The molecule has 0 aliphatic carbocycles. The number of benzene rings is 1. The third-order valence-electron chi connectivity index (χ3n) is 3.23. The van der Waals surface area contributed by atoms with Gasteiger partial charge in [0, 0.05) is 22.9 Å². The van der Waals surface area contributed by atoms with Crippen LogP contribution in [0.4, 0.5) is 4.39 Å². The first kappa shape index (κ1) is 16.4. The van der Waals surface area contributed by atoms with Gasteiger partial charge in [-0.15, -0.1) is 0 Å². The van der Waals surface area contributed by atoms with Crippen LogP contribution in [0.1, 0.15) is 18.1 Å². The average molecular weight is 372 g/mol. The van der Waals surface area contributed by atoms with E-state index >= 15 is 0 Å². The summed E-state index contributed by atoms with van der Waals surface area (Å²) in [5.41, 5.74) is 1.74. The Bertz CT molecular complexity index is 607. The number of aromatic nitrogens is 1. The molecule has 0 bridgehead atoms. The molecule has 0 amide bonds. The molecule has 0 saturated carbocycles. The minimum Gasteiger partial charge on any atom is -0.314 e. The monoisotopic (exact) mass is 370 g/mol. The molecule has 0 saturated heterocycles. The maximum atomic E-state index is 14.0. The molecule has 1 heterocycles. The largest absolute Gasteiger partial charge is 0.314 e. The van der Waals surface area contributed by atoms with Crippen molar-refractivity contribution in [2.45, 2.75) is 25.8 Å². The van der Waals surface area contributed by atoms with E-state index in [0.29, 0.717) is 12.0 Å². The molecule has 1 atom stereocenters. The number of rotatable bonds is 6. The Morgan fingerprint density at radius 3 is 2.86 bits per heavy atom. The molecule has 1 N–H and O–H groups in total. The summed E-state index contributed by atoms with van der Waals surface area (Å²) < 4.78 is 15.0. The van der Waals surface area contributed by atoms with Crippen molar-refractivity contribution in [2.24, 2.45) is 0 Å². The lowest BCUT2D eigenvalue weighted by Crippen LogP contribution is -2.33. The average Bonchev–Trinajstić information content (AvgIpc) is 2.44. The van der Waals surface area contributed by atoms with Gasteiger partial charge in [-0.3, -0.25) is 4.98 Å². The summed E-state index contributed by atoms with van der Waals surface area (Å²) in [5, 5.41) is 3.57. The summed E-state index contributed by atoms with van der Waals surface area (Å²) in [4.78, 5) is 4.17. The number of nitrogens with zero attached hydrogens (tertiary/aromatic N) is 1. The number of hydrogen-bond donors (Lipinski definition) is 1. The van der Waals surface area contributed by atoms with Crippen molar-refractivity contribution in [3.8, 4) is 0 Å². The van der Waals surface area contributed by atoms with Crippen LogP contribution in [0.5, 0.6) is 0 Å². The van der Waals surface area contributed by atoms with Gasteiger partial charge in [-0.2, -0.15) is 0 Å². The quantitative estimate of drug-likeness (QED) is 0.814. The van der Waals surface area contributed by atoms with Gasteiger partial charge in [0.15, 0.2) is 0 Å². The molecule has 0 fully saturated rings. The number of likely N-dealkylation sites (N-methyl/N-ethyl adjacent to an activating group) is 1. The van der Waals surface area contributed by atoms with Crippen molar-refractivity contribution in [3.05, 3.63) is 63.1 Å². The van der Waals surface area contributed by atoms with Gasteiger partial charge in [0.05, 0.1) is 5.02 Å². The summed E-state index contributed by atoms with van der Waals surface area (Å²) in [6.07, 6.45) is 4.96. The molecule has 0 spiro atoms. The predicted octanol–water partition coefficient (Wildman–Crippen LogP) is 4.40. The van der Waals surface area contributed by atoms with Crippen LogP contribution >= 0.6 is 27.5 Å². The molecule has 0 radical (unpaired) electrons. The summed E-state index contributed by atoms with van der Waals surface area (Å²) in [6.45, 7) is 2.87. The smallest absolute Gasteiger partial charge is 0.145 e. The molecule has 2 nitrogen and oxygen atoms in total. The molecule has 0 aliphatic rings. The Hall–Kier alpha value is -0.970. The first-order valence-electron chi connectivity index (χ1n) is 6.86. The Balaban J connectivity index is 2.13. The number of halogens is 3. The number of nitrogens with one attached hydrogen (secondary N) is 1.